The Balaban J connectivity index is 1.69. The summed E-state index contributed by atoms with van der Waals surface area (Å²) in [5.74, 6) is -2.47. The topological polar surface area (TPSA) is 132 Å². The summed E-state index contributed by atoms with van der Waals surface area (Å²) in [6.45, 7) is 3.31. The molecule has 1 aromatic heterocycles. The molecule has 35 heavy (non-hydrogen) atoms. The molecule has 2 heterocycles. The molecule has 0 radical (unpaired) electrons. The van der Waals surface area contributed by atoms with Crippen LogP contribution in [0.1, 0.15) is 16.8 Å². The van der Waals surface area contributed by atoms with Gasteiger partial charge in [-0.1, -0.05) is 11.3 Å². The first-order valence-electron chi connectivity index (χ1n) is 10.5. The van der Waals surface area contributed by atoms with Gasteiger partial charge in [-0.25, -0.2) is 13.8 Å². The lowest BCUT2D eigenvalue weighted by atomic mass is 10.1. The Labute approximate surface area is 200 Å². The minimum atomic E-state index is -0.894. The van der Waals surface area contributed by atoms with Gasteiger partial charge in [0.2, 0.25) is 0 Å². The summed E-state index contributed by atoms with van der Waals surface area (Å²) < 4.78 is 33.4. The molecule has 3 aromatic rings. The Morgan fingerprint density at radius 2 is 1.74 bits per heavy atom. The molecule has 1 saturated heterocycles. The highest BCUT2D eigenvalue weighted by atomic mass is 32.1. The monoisotopic (exact) mass is 507 g/mol. The van der Waals surface area contributed by atoms with Crippen LogP contribution in [0.5, 0.6) is 0 Å². The number of hydrogen-bond donors (Lipinski definition) is 0. The van der Waals surface area contributed by atoms with Crippen LogP contribution in [0.4, 0.5) is 25.3 Å². The number of nitro benzene ring substituents is 2. The van der Waals surface area contributed by atoms with Crippen molar-refractivity contribution in [3.63, 3.8) is 0 Å². The molecule has 2 aromatic carbocycles. The first kappa shape index (κ1) is 24.5. The van der Waals surface area contributed by atoms with Crippen LogP contribution in [0.3, 0.4) is 0 Å². The number of anilines is 1. The zero-order valence-electron chi connectivity index (χ0n) is 18.2. The van der Waals surface area contributed by atoms with E-state index in [1.807, 2.05) is 0 Å². The lowest BCUT2D eigenvalue weighted by Crippen LogP contribution is -2.39. The number of nitrogens with zero attached hydrogens (tertiary/aromatic N) is 5. The second-order valence-corrected chi connectivity index (χ2v) is 8.76. The molecule has 0 atom stereocenters. The van der Waals surface area contributed by atoms with E-state index in [1.165, 1.54) is 4.90 Å². The summed E-state index contributed by atoms with van der Waals surface area (Å²) >= 11 is 0.876. The molecule has 0 N–H and O–H groups in total. The first-order valence-corrected chi connectivity index (χ1v) is 11.4. The molecule has 0 unspecified atom stereocenters. The molecule has 14 heteroatoms. The van der Waals surface area contributed by atoms with Crippen molar-refractivity contribution in [1.82, 2.24) is 9.88 Å². The van der Waals surface area contributed by atoms with Gasteiger partial charge in [0.05, 0.1) is 39.4 Å². The highest BCUT2D eigenvalue weighted by Crippen LogP contribution is 2.33. The quantitative estimate of drug-likeness (QED) is 0.333. The highest BCUT2D eigenvalue weighted by Gasteiger charge is 2.27. The summed E-state index contributed by atoms with van der Waals surface area (Å²) in [4.78, 5) is 41.8. The largest absolute Gasteiger partial charge is 0.379 e. The predicted molar refractivity (Wildman–Crippen MR) is 123 cm³/mol. The molecule has 11 nitrogen and oxygen atoms in total. The van der Waals surface area contributed by atoms with Gasteiger partial charge in [-0.3, -0.25) is 34.8 Å². The number of ether oxygens (including phenoxy) is 1. The summed E-state index contributed by atoms with van der Waals surface area (Å²) in [6.07, 6.45) is 0.468. The van der Waals surface area contributed by atoms with E-state index in [-0.39, 0.29) is 27.5 Å². The van der Waals surface area contributed by atoms with E-state index >= 15 is 0 Å². The first-order chi connectivity index (χ1) is 16.7. The van der Waals surface area contributed by atoms with Crippen molar-refractivity contribution < 1.29 is 28.2 Å². The van der Waals surface area contributed by atoms with Gasteiger partial charge in [0.25, 0.3) is 17.3 Å². The number of hydrogen-bond acceptors (Lipinski definition) is 9. The number of aromatic nitrogens is 1. The number of nitro groups is 2. The molecule has 1 amide bonds. The number of benzene rings is 2. The van der Waals surface area contributed by atoms with Gasteiger partial charge in [0.1, 0.15) is 11.3 Å². The molecular weight excluding hydrogens is 488 g/mol. The van der Waals surface area contributed by atoms with Crippen LogP contribution in [-0.4, -0.2) is 65.0 Å². The van der Waals surface area contributed by atoms with Gasteiger partial charge in [-0.2, -0.15) is 0 Å². The van der Waals surface area contributed by atoms with E-state index in [0.29, 0.717) is 32.2 Å². The second kappa shape index (κ2) is 10.3. The third kappa shape index (κ3) is 5.55. The Bertz CT molecular complexity index is 1260. The molecule has 184 valence electrons. The number of rotatable bonds is 8. The van der Waals surface area contributed by atoms with Crippen LogP contribution in [-0.2, 0) is 4.74 Å². The van der Waals surface area contributed by atoms with Crippen molar-refractivity contribution in [3.8, 4) is 0 Å². The van der Waals surface area contributed by atoms with Gasteiger partial charge >= 0.3 is 0 Å². The third-order valence-corrected chi connectivity index (χ3v) is 6.43. The number of fused-ring (bicyclic) bond motifs is 1. The van der Waals surface area contributed by atoms with Crippen molar-refractivity contribution in [2.45, 2.75) is 6.42 Å². The summed E-state index contributed by atoms with van der Waals surface area (Å²) in [5, 5.41) is 22.6. The molecule has 0 saturated carbocycles. The zero-order valence-corrected chi connectivity index (χ0v) is 19.0. The van der Waals surface area contributed by atoms with E-state index < -0.39 is 38.8 Å². The SMILES string of the molecule is O=C(c1cc([N+](=O)[O-])cc([N+](=O)[O-])c1)N(CCCN1CCOCC1)c1nc2c(F)cc(F)cc2s1. The lowest BCUT2D eigenvalue weighted by molar-refractivity contribution is -0.394. The van der Waals surface area contributed by atoms with E-state index in [0.717, 1.165) is 48.7 Å². The Hall–Kier alpha value is -3.62. The van der Waals surface area contributed by atoms with Crippen LogP contribution in [0.15, 0.2) is 30.3 Å². The van der Waals surface area contributed by atoms with Crippen molar-refractivity contribution in [1.29, 1.82) is 0 Å². The third-order valence-electron chi connectivity index (χ3n) is 5.41. The summed E-state index contributed by atoms with van der Waals surface area (Å²) in [6, 6.07) is 4.42. The van der Waals surface area contributed by atoms with Gasteiger partial charge < -0.3 is 4.74 Å². The van der Waals surface area contributed by atoms with Gasteiger partial charge in [0.15, 0.2) is 10.9 Å². The summed E-state index contributed by atoms with van der Waals surface area (Å²) in [7, 11) is 0. The van der Waals surface area contributed by atoms with E-state index in [1.54, 1.807) is 0 Å². The number of halogens is 2. The number of carbonyl (C=O) groups excluding carboxylic acids is 1. The fraction of sp³-hybridized carbons (Fsp3) is 0.333. The number of non-ortho nitro benzene ring substituents is 2. The van der Waals surface area contributed by atoms with E-state index in [2.05, 4.69) is 9.88 Å². The van der Waals surface area contributed by atoms with Crippen LogP contribution < -0.4 is 4.90 Å². The average Bonchev–Trinajstić information content (AvgIpc) is 3.25. The van der Waals surface area contributed by atoms with Crippen LogP contribution in [0.25, 0.3) is 10.2 Å². The summed E-state index contributed by atoms with van der Waals surface area (Å²) in [5.41, 5.74) is -1.65. The molecule has 1 aliphatic rings. The van der Waals surface area contributed by atoms with Crippen LogP contribution in [0, 0.1) is 31.9 Å². The second-order valence-electron chi connectivity index (χ2n) is 7.75. The maximum atomic E-state index is 14.3. The maximum absolute atomic E-state index is 14.3. The van der Waals surface area contributed by atoms with E-state index in [9.17, 15) is 33.8 Å². The molecular formula is C21H19F2N5O6S. The molecule has 0 aliphatic carbocycles. The van der Waals surface area contributed by atoms with Gasteiger partial charge in [0, 0.05) is 44.4 Å². The van der Waals surface area contributed by atoms with Crippen molar-refractivity contribution >= 4 is 44.0 Å². The fourth-order valence-electron chi connectivity index (χ4n) is 3.71. The predicted octanol–water partition coefficient (Wildman–Crippen LogP) is 3.76. The Morgan fingerprint density at radius 3 is 2.37 bits per heavy atom. The number of amides is 1. The van der Waals surface area contributed by atoms with Gasteiger partial charge in [-0.05, 0) is 12.5 Å². The van der Waals surface area contributed by atoms with Crippen LogP contribution >= 0.6 is 11.3 Å². The smallest absolute Gasteiger partial charge is 0.277 e. The number of carbonyl (C=O) groups is 1. The van der Waals surface area contributed by atoms with Gasteiger partial charge in [-0.15, -0.1) is 0 Å². The van der Waals surface area contributed by atoms with E-state index in [4.69, 9.17) is 4.74 Å². The Kier molecular flexibility index (Phi) is 7.23. The highest BCUT2D eigenvalue weighted by molar-refractivity contribution is 7.22. The van der Waals surface area contributed by atoms with Crippen LogP contribution in [0.2, 0.25) is 0 Å². The molecule has 0 bridgehead atoms. The van der Waals surface area contributed by atoms with Crippen molar-refractivity contribution in [2.75, 3.05) is 44.3 Å². The molecule has 1 fully saturated rings. The standard InChI is InChI=1S/C21H19F2N5O6S/c22-14-10-17(23)19-18(11-14)35-21(24-19)26(3-1-2-25-4-6-34-7-5-25)20(29)13-8-15(27(30)31)12-16(9-13)28(32)33/h8-12H,1-7H2. The normalized spacial score (nSPS) is 14.2. The fourth-order valence-corrected chi connectivity index (χ4v) is 4.74. The number of morpholine rings is 1. The molecule has 1 aliphatic heterocycles. The lowest BCUT2D eigenvalue weighted by Gasteiger charge is -2.27. The molecule has 0 spiro atoms. The minimum absolute atomic E-state index is 0.0469. The maximum Gasteiger partial charge on any atom is 0.277 e. The van der Waals surface area contributed by atoms with Crippen molar-refractivity contribution in [3.05, 3.63) is 67.8 Å². The van der Waals surface area contributed by atoms with Crippen molar-refractivity contribution in [2.24, 2.45) is 0 Å². The average molecular weight is 507 g/mol. The zero-order chi connectivity index (χ0) is 25.1. The Morgan fingerprint density at radius 1 is 1.09 bits per heavy atom. The minimum Gasteiger partial charge on any atom is -0.379 e. The number of thiazole rings is 1. The molecule has 4 rings (SSSR count).